The van der Waals surface area contributed by atoms with Crippen molar-refractivity contribution in [3.8, 4) is 0 Å². The molecule has 0 aliphatic carbocycles. The fourth-order valence-electron chi connectivity index (χ4n) is 1.88. The van der Waals surface area contributed by atoms with Crippen molar-refractivity contribution in [3.05, 3.63) is 39.5 Å². The van der Waals surface area contributed by atoms with Crippen molar-refractivity contribution >= 4 is 45.6 Å². The summed E-state index contributed by atoms with van der Waals surface area (Å²) < 4.78 is 12.5. The maximum absolute atomic E-state index is 12.5. The highest BCUT2D eigenvalue weighted by Crippen LogP contribution is 2.27. The molecule has 0 saturated carbocycles. The smallest absolute Gasteiger partial charge is 0.274 e. The van der Waals surface area contributed by atoms with E-state index in [1.54, 1.807) is 37.3 Å². The van der Waals surface area contributed by atoms with Gasteiger partial charge in [0.1, 0.15) is 0 Å². The van der Waals surface area contributed by atoms with Gasteiger partial charge in [0, 0.05) is 25.3 Å². The highest BCUT2D eigenvalue weighted by Gasteiger charge is 2.25. The summed E-state index contributed by atoms with van der Waals surface area (Å²) >= 11 is 12.1. The van der Waals surface area contributed by atoms with Gasteiger partial charge in [0.15, 0.2) is 0 Å². The first-order valence-electron chi connectivity index (χ1n) is 6.39. The van der Waals surface area contributed by atoms with E-state index in [0.29, 0.717) is 26.2 Å². The Kier molecular flexibility index (Phi) is 5.26. The molecule has 1 N–H and O–H groups in total. The lowest BCUT2D eigenvalue weighted by atomic mass is 10.2. The molecule has 0 saturated heterocycles. The predicted octanol–water partition coefficient (Wildman–Crippen LogP) is 2.34. The quantitative estimate of drug-likeness (QED) is 0.839. The first-order valence-corrected chi connectivity index (χ1v) is 8.46. The molecule has 1 atom stereocenters. The van der Waals surface area contributed by atoms with Crippen LogP contribution in [0, 0.1) is 6.92 Å². The summed E-state index contributed by atoms with van der Waals surface area (Å²) in [6.45, 7) is 1.81. The number of rotatable bonds is 4. The Bertz CT molecular complexity index is 714. The number of amides is 1. The minimum atomic E-state index is -1.43. The number of hydrogen-bond donors (Lipinski definition) is 1. The molecule has 1 aliphatic rings. The van der Waals surface area contributed by atoms with E-state index in [0.717, 1.165) is 5.56 Å². The molecule has 0 bridgehead atoms. The monoisotopic (exact) mass is 359 g/mol. The third kappa shape index (κ3) is 3.69. The Morgan fingerprint density at radius 2 is 2.00 bits per heavy atom. The molecule has 1 heterocycles. The zero-order valence-electron chi connectivity index (χ0n) is 12.3. The van der Waals surface area contributed by atoms with Crippen molar-refractivity contribution in [1.82, 2.24) is 10.3 Å². The SMILES string of the molecule is Cc1cc(S(=O)CC2=NNC(=O)/C2=C/N(C)C)c(Cl)cc1Cl. The highest BCUT2D eigenvalue weighted by molar-refractivity contribution is 7.86. The van der Waals surface area contributed by atoms with Crippen LogP contribution < -0.4 is 5.43 Å². The highest BCUT2D eigenvalue weighted by atomic mass is 35.5. The lowest BCUT2D eigenvalue weighted by molar-refractivity contribution is -0.116. The third-order valence-electron chi connectivity index (χ3n) is 2.96. The number of halogens is 2. The zero-order valence-corrected chi connectivity index (χ0v) is 14.6. The van der Waals surface area contributed by atoms with Crippen LogP contribution in [0.25, 0.3) is 0 Å². The number of carbonyl (C=O) groups excluding carboxylic acids is 1. The maximum Gasteiger partial charge on any atom is 0.274 e. The summed E-state index contributed by atoms with van der Waals surface area (Å²) in [4.78, 5) is 14.0. The Labute approximate surface area is 141 Å². The van der Waals surface area contributed by atoms with Gasteiger partial charge in [-0.05, 0) is 24.6 Å². The van der Waals surface area contributed by atoms with Crippen LogP contribution in [0.1, 0.15) is 5.56 Å². The Morgan fingerprint density at radius 1 is 1.32 bits per heavy atom. The number of aryl methyl sites for hydroxylation is 1. The van der Waals surface area contributed by atoms with E-state index in [2.05, 4.69) is 10.5 Å². The van der Waals surface area contributed by atoms with Crippen molar-refractivity contribution in [1.29, 1.82) is 0 Å². The molecular weight excluding hydrogens is 345 g/mol. The van der Waals surface area contributed by atoms with Crippen LogP contribution in [0.4, 0.5) is 0 Å². The van der Waals surface area contributed by atoms with Gasteiger partial charge in [-0.2, -0.15) is 5.10 Å². The number of benzene rings is 1. The molecule has 1 unspecified atom stereocenters. The Hall–Kier alpha value is -1.37. The van der Waals surface area contributed by atoms with Gasteiger partial charge < -0.3 is 4.90 Å². The van der Waals surface area contributed by atoms with Gasteiger partial charge in [-0.15, -0.1) is 0 Å². The van der Waals surface area contributed by atoms with Crippen molar-refractivity contribution in [2.24, 2.45) is 5.10 Å². The standard InChI is InChI=1S/C14H15Cl2N3O2S/c1-8-4-13(11(16)5-10(8)15)22(21)7-12-9(6-19(2)3)14(20)18-17-12/h4-6H,7H2,1-3H3,(H,18,20)/b9-6+. The van der Waals surface area contributed by atoms with Gasteiger partial charge in [0.25, 0.3) is 5.91 Å². The number of hydrazone groups is 1. The minimum absolute atomic E-state index is 0.0964. The van der Waals surface area contributed by atoms with Gasteiger partial charge in [-0.1, -0.05) is 23.2 Å². The van der Waals surface area contributed by atoms with Crippen molar-refractivity contribution in [3.63, 3.8) is 0 Å². The van der Waals surface area contributed by atoms with Crippen LogP contribution in [-0.4, -0.2) is 40.6 Å². The van der Waals surface area contributed by atoms with Crippen molar-refractivity contribution in [2.75, 3.05) is 19.8 Å². The molecule has 1 amide bonds. The topological polar surface area (TPSA) is 61.8 Å². The van der Waals surface area contributed by atoms with E-state index in [1.807, 2.05) is 6.92 Å². The van der Waals surface area contributed by atoms with Gasteiger partial charge in [0.05, 0.1) is 37.8 Å². The predicted molar refractivity (Wildman–Crippen MR) is 89.8 cm³/mol. The van der Waals surface area contributed by atoms with Crippen LogP contribution in [0.15, 0.2) is 33.9 Å². The van der Waals surface area contributed by atoms with E-state index >= 15 is 0 Å². The maximum atomic E-state index is 12.5. The number of nitrogens with one attached hydrogen (secondary N) is 1. The molecule has 22 heavy (non-hydrogen) atoms. The summed E-state index contributed by atoms with van der Waals surface area (Å²) in [6, 6.07) is 3.27. The fourth-order valence-corrected chi connectivity index (χ4v) is 3.73. The fraction of sp³-hybridized carbons (Fsp3) is 0.286. The number of hydrogen-bond acceptors (Lipinski definition) is 4. The molecule has 0 radical (unpaired) electrons. The van der Waals surface area contributed by atoms with Crippen LogP contribution in [0.2, 0.25) is 10.0 Å². The molecule has 8 heteroatoms. The molecule has 118 valence electrons. The molecule has 5 nitrogen and oxygen atoms in total. The number of carbonyl (C=O) groups is 1. The molecule has 1 aromatic rings. The molecule has 1 aliphatic heterocycles. The zero-order chi connectivity index (χ0) is 16.4. The molecule has 2 rings (SSSR count). The second kappa shape index (κ2) is 6.81. The van der Waals surface area contributed by atoms with Gasteiger partial charge in [0.2, 0.25) is 0 Å². The summed E-state index contributed by atoms with van der Waals surface area (Å²) in [5.41, 5.74) is 4.02. The normalized spacial score (nSPS) is 17.4. The van der Waals surface area contributed by atoms with E-state index in [9.17, 15) is 9.00 Å². The lowest BCUT2D eigenvalue weighted by Crippen LogP contribution is -2.19. The first kappa shape index (κ1) is 17.0. The minimum Gasteiger partial charge on any atom is -0.383 e. The van der Waals surface area contributed by atoms with Crippen molar-refractivity contribution in [2.45, 2.75) is 11.8 Å². The van der Waals surface area contributed by atoms with Crippen LogP contribution >= 0.6 is 23.2 Å². The molecule has 0 spiro atoms. The second-order valence-corrected chi connectivity index (χ2v) is 7.26. The summed E-state index contributed by atoms with van der Waals surface area (Å²) in [5, 5.41) is 4.81. The Morgan fingerprint density at radius 3 is 2.64 bits per heavy atom. The van der Waals surface area contributed by atoms with Gasteiger partial charge >= 0.3 is 0 Å². The van der Waals surface area contributed by atoms with E-state index in [-0.39, 0.29) is 11.7 Å². The molecule has 0 fully saturated rings. The van der Waals surface area contributed by atoms with Crippen LogP contribution in [-0.2, 0) is 15.6 Å². The Balaban J connectivity index is 2.26. The number of nitrogens with zero attached hydrogens (tertiary/aromatic N) is 2. The van der Waals surface area contributed by atoms with Crippen molar-refractivity contribution < 1.29 is 9.00 Å². The summed E-state index contributed by atoms with van der Waals surface area (Å²) in [5.74, 6) is -0.210. The van der Waals surface area contributed by atoms with Crippen LogP contribution in [0.5, 0.6) is 0 Å². The van der Waals surface area contributed by atoms with E-state index in [1.165, 1.54) is 0 Å². The summed E-state index contributed by atoms with van der Waals surface area (Å²) in [7, 11) is 2.17. The second-order valence-electron chi connectivity index (χ2n) is 5.03. The molecular formula is C14H15Cl2N3O2S. The average molecular weight is 360 g/mol. The molecule has 0 aromatic heterocycles. The summed E-state index contributed by atoms with van der Waals surface area (Å²) in [6.07, 6.45) is 1.65. The first-order chi connectivity index (χ1) is 10.3. The average Bonchev–Trinajstić information content (AvgIpc) is 2.75. The molecule has 1 aromatic carbocycles. The lowest BCUT2D eigenvalue weighted by Gasteiger charge is -2.09. The van der Waals surface area contributed by atoms with Crippen LogP contribution in [0.3, 0.4) is 0 Å². The van der Waals surface area contributed by atoms with E-state index < -0.39 is 10.8 Å². The third-order valence-corrected chi connectivity index (χ3v) is 5.16. The van der Waals surface area contributed by atoms with E-state index in [4.69, 9.17) is 23.2 Å². The van der Waals surface area contributed by atoms with Gasteiger partial charge in [-0.3, -0.25) is 9.00 Å². The largest absolute Gasteiger partial charge is 0.383 e. The van der Waals surface area contributed by atoms with Gasteiger partial charge in [-0.25, -0.2) is 5.43 Å².